The van der Waals surface area contributed by atoms with E-state index in [2.05, 4.69) is 4.72 Å². The van der Waals surface area contributed by atoms with Crippen LogP contribution in [0.4, 0.5) is 8.78 Å². The summed E-state index contributed by atoms with van der Waals surface area (Å²) >= 11 is 0. The Kier molecular flexibility index (Phi) is 8.70. The van der Waals surface area contributed by atoms with Crippen molar-refractivity contribution in [2.24, 2.45) is 0 Å². The van der Waals surface area contributed by atoms with E-state index in [1.807, 2.05) is 0 Å². The number of sulfonamides is 1. The lowest BCUT2D eigenvalue weighted by Crippen LogP contribution is -2.33. The van der Waals surface area contributed by atoms with Crippen LogP contribution in [0.2, 0.25) is 0 Å². The predicted molar refractivity (Wildman–Crippen MR) is 113 cm³/mol. The van der Waals surface area contributed by atoms with Crippen LogP contribution in [0, 0.1) is 11.6 Å². The van der Waals surface area contributed by atoms with Crippen molar-refractivity contribution in [1.82, 2.24) is 9.62 Å². The molecule has 0 atom stereocenters. The van der Waals surface area contributed by atoms with Gasteiger partial charge in [0.15, 0.2) is 21.5 Å². The second-order valence-electron chi connectivity index (χ2n) is 6.99. The van der Waals surface area contributed by atoms with Gasteiger partial charge in [-0.15, -0.1) is 0 Å². The number of benzene rings is 2. The third kappa shape index (κ3) is 7.53. The molecule has 0 bridgehead atoms. The quantitative estimate of drug-likeness (QED) is 0.483. The maximum atomic E-state index is 13.2. The molecule has 1 amide bonds. The molecule has 2 rings (SSSR count). The second-order valence-corrected chi connectivity index (χ2v) is 10.8. The van der Waals surface area contributed by atoms with E-state index in [1.165, 1.54) is 17.0 Å². The minimum absolute atomic E-state index is 0.128. The standard InChI is InChI=1S/C20H24F2N2O6S2/c1-24(11-4-12-30-15-5-3-6-16(13-15)31(2,26)27)20(25)9-10-23-32(28,29)17-7-8-18(21)19(22)14-17/h3,5-8,13-14,23H,4,9-12H2,1-2H3. The number of hydrogen-bond acceptors (Lipinski definition) is 6. The lowest BCUT2D eigenvalue weighted by molar-refractivity contribution is -0.129. The first kappa shape index (κ1) is 25.7. The Bertz CT molecular complexity index is 1170. The Morgan fingerprint density at radius 2 is 1.75 bits per heavy atom. The van der Waals surface area contributed by atoms with Gasteiger partial charge in [-0.05, 0) is 42.8 Å². The molecule has 0 saturated heterocycles. The van der Waals surface area contributed by atoms with E-state index >= 15 is 0 Å². The molecule has 2 aromatic carbocycles. The minimum atomic E-state index is -4.08. The molecular formula is C20H24F2N2O6S2. The van der Waals surface area contributed by atoms with Gasteiger partial charge < -0.3 is 9.64 Å². The molecule has 12 heteroatoms. The van der Waals surface area contributed by atoms with E-state index in [-0.39, 0.29) is 30.4 Å². The molecule has 0 aliphatic heterocycles. The molecule has 0 heterocycles. The Balaban J connectivity index is 1.74. The van der Waals surface area contributed by atoms with E-state index in [1.54, 1.807) is 19.2 Å². The Morgan fingerprint density at radius 1 is 1.03 bits per heavy atom. The van der Waals surface area contributed by atoms with Gasteiger partial charge in [0, 0.05) is 32.8 Å². The van der Waals surface area contributed by atoms with Gasteiger partial charge in [-0.25, -0.2) is 30.3 Å². The Hall–Kier alpha value is -2.57. The van der Waals surface area contributed by atoms with Crippen molar-refractivity contribution < 1.29 is 35.1 Å². The van der Waals surface area contributed by atoms with Crippen LogP contribution in [-0.2, 0) is 24.7 Å². The average molecular weight is 491 g/mol. The second kappa shape index (κ2) is 10.8. The van der Waals surface area contributed by atoms with Crippen LogP contribution < -0.4 is 9.46 Å². The molecule has 0 spiro atoms. The number of amides is 1. The third-order valence-electron chi connectivity index (χ3n) is 4.40. The van der Waals surface area contributed by atoms with Crippen molar-refractivity contribution in [1.29, 1.82) is 0 Å². The van der Waals surface area contributed by atoms with Gasteiger partial charge in [-0.2, -0.15) is 0 Å². The first-order chi connectivity index (χ1) is 14.9. The first-order valence-corrected chi connectivity index (χ1v) is 12.9. The van der Waals surface area contributed by atoms with E-state index < -0.39 is 36.4 Å². The predicted octanol–water partition coefficient (Wildman–Crippen LogP) is 1.96. The van der Waals surface area contributed by atoms with Gasteiger partial charge in [0.05, 0.1) is 16.4 Å². The summed E-state index contributed by atoms with van der Waals surface area (Å²) in [5.41, 5.74) is 0. The number of sulfone groups is 1. The average Bonchev–Trinajstić information content (AvgIpc) is 2.72. The zero-order valence-corrected chi connectivity index (χ0v) is 19.2. The largest absolute Gasteiger partial charge is 0.493 e. The van der Waals surface area contributed by atoms with Crippen LogP contribution in [0.1, 0.15) is 12.8 Å². The molecule has 0 unspecified atom stereocenters. The van der Waals surface area contributed by atoms with E-state index in [0.29, 0.717) is 30.8 Å². The number of rotatable bonds is 11. The Morgan fingerprint density at radius 3 is 2.41 bits per heavy atom. The number of carbonyl (C=O) groups excluding carboxylic acids is 1. The van der Waals surface area contributed by atoms with Crippen molar-refractivity contribution in [3.8, 4) is 5.75 Å². The summed E-state index contributed by atoms with van der Waals surface area (Å²) in [5.74, 6) is -2.37. The number of hydrogen-bond donors (Lipinski definition) is 1. The van der Waals surface area contributed by atoms with Gasteiger partial charge >= 0.3 is 0 Å². The SMILES string of the molecule is CN(CCCOc1cccc(S(C)(=O)=O)c1)C(=O)CCNS(=O)(=O)c1ccc(F)c(F)c1. The summed E-state index contributed by atoms with van der Waals surface area (Å²) in [6.07, 6.45) is 1.44. The van der Waals surface area contributed by atoms with Crippen LogP contribution in [0.15, 0.2) is 52.3 Å². The molecule has 32 heavy (non-hydrogen) atoms. The highest BCUT2D eigenvalue weighted by Crippen LogP contribution is 2.17. The van der Waals surface area contributed by atoms with Crippen LogP contribution in [0.3, 0.4) is 0 Å². The third-order valence-corrected chi connectivity index (χ3v) is 6.97. The van der Waals surface area contributed by atoms with Crippen LogP contribution >= 0.6 is 0 Å². The summed E-state index contributed by atoms with van der Waals surface area (Å²) in [5, 5.41) is 0. The number of carbonyl (C=O) groups is 1. The Labute approximate surface area is 186 Å². The number of ether oxygens (including phenoxy) is 1. The smallest absolute Gasteiger partial charge is 0.240 e. The van der Waals surface area contributed by atoms with Gasteiger partial charge in [0.25, 0.3) is 0 Å². The molecule has 8 nitrogen and oxygen atoms in total. The highest BCUT2D eigenvalue weighted by atomic mass is 32.2. The van der Waals surface area contributed by atoms with E-state index in [9.17, 15) is 30.4 Å². The topological polar surface area (TPSA) is 110 Å². The molecule has 0 radical (unpaired) electrons. The summed E-state index contributed by atoms with van der Waals surface area (Å²) < 4.78 is 81.2. The monoisotopic (exact) mass is 490 g/mol. The van der Waals surface area contributed by atoms with Gasteiger partial charge in [0.2, 0.25) is 15.9 Å². The first-order valence-electron chi connectivity index (χ1n) is 9.52. The van der Waals surface area contributed by atoms with Gasteiger partial charge in [-0.3, -0.25) is 4.79 Å². The summed E-state index contributed by atoms with van der Waals surface area (Å²) in [7, 11) is -5.86. The van der Waals surface area contributed by atoms with Gasteiger partial charge in [-0.1, -0.05) is 6.07 Å². The van der Waals surface area contributed by atoms with E-state index in [4.69, 9.17) is 4.74 Å². The molecule has 0 fully saturated rings. The minimum Gasteiger partial charge on any atom is -0.493 e. The van der Waals surface area contributed by atoms with Crippen molar-refractivity contribution in [3.63, 3.8) is 0 Å². The number of halogens is 2. The fraction of sp³-hybridized carbons (Fsp3) is 0.350. The zero-order chi connectivity index (χ0) is 23.9. The molecule has 0 aliphatic carbocycles. The van der Waals surface area contributed by atoms with Crippen molar-refractivity contribution in [3.05, 3.63) is 54.1 Å². The molecule has 2 aromatic rings. The molecule has 176 valence electrons. The molecule has 0 saturated carbocycles. The summed E-state index contributed by atoms with van der Waals surface area (Å²) in [4.78, 5) is 13.3. The van der Waals surface area contributed by atoms with Crippen LogP contribution in [0.5, 0.6) is 5.75 Å². The summed E-state index contributed by atoms with van der Waals surface area (Å²) in [6, 6.07) is 8.30. The van der Waals surface area contributed by atoms with Crippen LogP contribution in [0.25, 0.3) is 0 Å². The van der Waals surface area contributed by atoms with Gasteiger partial charge in [0.1, 0.15) is 5.75 Å². The van der Waals surface area contributed by atoms with Crippen molar-refractivity contribution in [2.75, 3.05) is 33.0 Å². The maximum Gasteiger partial charge on any atom is 0.240 e. The maximum absolute atomic E-state index is 13.2. The number of nitrogens with one attached hydrogen (secondary N) is 1. The fourth-order valence-corrected chi connectivity index (χ4v) is 4.32. The highest BCUT2D eigenvalue weighted by molar-refractivity contribution is 7.90. The molecule has 0 aliphatic rings. The van der Waals surface area contributed by atoms with Crippen LogP contribution in [-0.4, -0.2) is 60.6 Å². The normalized spacial score (nSPS) is 11.9. The lowest BCUT2D eigenvalue weighted by Gasteiger charge is -2.17. The van der Waals surface area contributed by atoms with Crippen molar-refractivity contribution >= 4 is 25.8 Å². The molecule has 1 N–H and O–H groups in total. The number of nitrogens with zero attached hydrogens (tertiary/aromatic N) is 1. The van der Waals surface area contributed by atoms with Crippen molar-refractivity contribution in [2.45, 2.75) is 22.6 Å². The van der Waals surface area contributed by atoms with E-state index in [0.717, 1.165) is 12.3 Å². The zero-order valence-electron chi connectivity index (χ0n) is 17.5. The molecule has 0 aromatic heterocycles. The lowest BCUT2D eigenvalue weighted by atomic mass is 10.3. The molecular weight excluding hydrogens is 466 g/mol. The highest BCUT2D eigenvalue weighted by Gasteiger charge is 2.17. The summed E-state index contributed by atoms with van der Waals surface area (Å²) in [6.45, 7) is 0.368. The fourth-order valence-electron chi connectivity index (χ4n) is 2.62.